The number of nitrogens with zero attached hydrogens (tertiary/aromatic N) is 1. The molecule has 2 rings (SSSR count). The number of hydrogen-bond donors (Lipinski definition) is 0. The van der Waals surface area contributed by atoms with E-state index in [0.29, 0.717) is 0 Å². The molecule has 0 spiro atoms. The Labute approximate surface area is 112 Å². The molecule has 2 fully saturated rings. The Morgan fingerprint density at radius 2 is 2.24 bits per heavy atom. The fraction of sp³-hybridized carbons (Fsp3) is 0.778. The van der Waals surface area contributed by atoms with E-state index in [-0.39, 0.29) is 12.0 Å². The summed E-state index contributed by atoms with van der Waals surface area (Å²) < 4.78 is 16.0. The lowest BCUT2D eigenvalue weighted by molar-refractivity contribution is -0.159. The lowest BCUT2D eigenvalue weighted by Crippen LogP contribution is -2.64. The lowest BCUT2D eigenvalue weighted by atomic mass is 9.98. The Kier molecular flexibility index (Phi) is 3.27. The summed E-state index contributed by atoms with van der Waals surface area (Å²) in [5, 5.41) is -1.42. The maximum Gasteiger partial charge on any atom is 0.335 e. The number of β-lactam (4-membered cyclic amide) rings is 1. The van der Waals surface area contributed by atoms with Gasteiger partial charge in [0.05, 0.1) is 0 Å². The van der Waals surface area contributed by atoms with Gasteiger partial charge in [0, 0.05) is 0 Å². The Bertz CT molecular complexity index is 378. The molecule has 17 heavy (non-hydrogen) atoms. The number of fused-ring (bicyclic) bond motifs is 1. The number of ether oxygens (including phenoxy) is 1. The van der Waals surface area contributed by atoms with Gasteiger partial charge in [-0.1, -0.05) is 11.6 Å². The number of carbonyl (C=O) groups is 2. The first-order valence-electron chi connectivity index (χ1n) is 4.93. The number of alkyl halides is 2. The van der Waals surface area contributed by atoms with Gasteiger partial charge in [0.15, 0.2) is 22.2 Å². The van der Waals surface area contributed by atoms with Crippen molar-refractivity contribution in [3.8, 4) is 0 Å². The van der Waals surface area contributed by atoms with Crippen LogP contribution in [-0.2, 0) is 25.5 Å². The molecule has 0 aromatic rings. The molecule has 0 aromatic carbocycles. The Morgan fingerprint density at radius 1 is 1.65 bits per heavy atom. The summed E-state index contributed by atoms with van der Waals surface area (Å²) in [6.07, 6.45) is 0. The van der Waals surface area contributed by atoms with Crippen molar-refractivity contribution in [1.29, 1.82) is 0 Å². The molecule has 1 amide bonds. The summed E-state index contributed by atoms with van der Waals surface area (Å²) in [7, 11) is 0. The molecule has 2 aliphatic rings. The van der Waals surface area contributed by atoms with Gasteiger partial charge >= 0.3 is 5.97 Å². The molecule has 1 unspecified atom stereocenters. The van der Waals surface area contributed by atoms with Crippen molar-refractivity contribution in [2.45, 2.75) is 35.4 Å². The molecule has 8 heteroatoms. The predicted molar refractivity (Wildman–Crippen MR) is 63.1 cm³/mol. The van der Waals surface area contributed by atoms with Crippen LogP contribution in [0.4, 0.5) is 0 Å². The second kappa shape index (κ2) is 4.19. The molecule has 96 valence electrons. The molecular weight excluding hydrogens is 289 g/mol. The normalized spacial score (nSPS) is 38.6. The molecule has 0 N–H and O–H groups in total. The van der Waals surface area contributed by atoms with E-state index in [1.807, 2.05) is 0 Å². The van der Waals surface area contributed by atoms with Crippen LogP contribution in [0.5, 0.6) is 0 Å². The fourth-order valence-corrected chi connectivity index (χ4v) is 4.66. The summed E-state index contributed by atoms with van der Waals surface area (Å²) >= 11 is 9.73. The van der Waals surface area contributed by atoms with Crippen molar-refractivity contribution in [3.63, 3.8) is 0 Å². The average Bonchev–Trinajstić information content (AvgIpc) is 2.45. The third-order valence-corrected chi connectivity index (χ3v) is 5.99. The first-order valence-corrected chi connectivity index (χ1v) is 7.12. The molecule has 0 aliphatic carbocycles. The number of halogens is 2. The smallest absolute Gasteiger partial charge is 0.335 e. The first kappa shape index (κ1) is 13.3. The van der Waals surface area contributed by atoms with Crippen LogP contribution in [0.2, 0.25) is 0 Å². The zero-order chi connectivity index (χ0) is 13.0. The van der Waals surface area contributed by atoms with Gasteiger partial charge in [0.25, 0.3) is 5.91 Å². The number of rotatable bonds is 2. The Morgan fingerprint density at radius 3 is 2.76 bits per heavy atom. The lowest BCUT2D eigenvalue weighted by Gasteiger charge is -2.37. The van der Waals surface area contributed by atoms with Crippen LogP contribution < -0.4 is 0 Å². The van der Waals surface area contributed by atoms with E-state index in [9.17, 15) is 14.1 Å². The van der Waals surface area contributed by atoms with Gasteiger partial charge in [-0.2, -0.15) is 0 Å². The van der Waals surface area contributed by atoms with E-state index in [1.54, 1.807) is 13.8 Å². The maximum atomic E-state index is 12.2. The third kappa shape index (κ3) is 1.65. The van der Waals surface area contributed by atoms with Gasteiger partial charge in [0.2, 0.25) is 5.37 Å². The van der Waals surface area contributed by atoms with E-state index in [0.717, 1.165) is 0 Å². The minimum atomic E-state index is -1.40. The van der Waals surface area contributed by atoms with Gasteiger partial charge in [-0.15, -0.1) is 11.6 Å². The molecule has 2 aliphatic heterocycles. The van der Waals surface area contributed by atoms with Crippen molar-refractivity contribution < 1.29 is 18.9 Å². The highest BCUT2D eigenvalue weighted by Crippen LogP contribution is 2.47. The van der Waals surface area contributed by atoms with Crippen LogP contribution in [0, 0.1) is 0 Å². The van der Waals surface area contributed by atoms with Gasteiger partial charge in [0.1, 0.15) is 0 Å². The highest BCUT2D eigenvalue weighted by molar-refractivity contribution is 7.94. The molecule has 2 heterocycles. The number of amides is 1. The summed E-state index contributed by atoms with van der Waals surface area (Å²) in [4.78, 5) is 24.6. The van der Waals surface area contributed by atoms with Gasteiger partial charge in [-0.3, -0.25) is 9.69 Å². The van der Waals surface area contributed by atoms with E-state index >= 15 is 0 Å². The second-order valence-electron chi connectivity index (χ2n) is 4.41. The van der Waals surface area contributed by atoms with E-state index in [1.165, 1.54) is 4.90 Å². The fourth-order valence-electron chi connectivity index (χ4n) is 2.22. The zero-order valence-corrected chi connectivity index (χ0v) is 11.5. The van der Waals surface area contributed by atoms with E-state index in [2.05, 4.69) is 0 Å². The first-order chi connectivity index (χ1) is 7.84. The van der Waals surface area contributed by atoms with Crippen LogP contribution >= 0.6 is 23.2 Å². The summed E-state index contributed by atoms with van der Waals surface area (Å²) in [5.74, 6) is -1.02. The van der Waals surface area contributed by atoms with Crippen LogP contribution in [-0.4, -0.2) is 48.9 Å². The SMILES string of the molecule is CC1(C)[C@H](C(=O)OCCl)N2C(=O)[C@H](Cl)[C@H]2[S+]1[O-]. The largest absolute Gasteiger partial charge is 0.614 e. The summed E-state index contributed by atoms with van der Waals surface area (Å²) in [5.41, 5.74) is 0. The quantitative estimate of drug-likeness (QED) is 0.320. The van der Waals surface area contributed by atoms with Crippen molar-refractivity contribution in [2.75, 3.05) is 6.07 Å². The molecule has 5 nitrogen and oxygen atoms in total. The average molecular weight is 300 g/mol. The third-order valence-electron chi connectivity index (χ3n) is 3.11. The monoisotopic (exact) mass is 299 g/mol. The van der Waals surface area contributed by atoms with Gasteiger partial charge < -0.3 is 9.29 Å². The number of hydrogen-bond acceptors (Lipinski definition) is 4. The van der Waals surface area contributed by atoms with Gasteiger partial charge in [-0.05, 0) is 25.0 Å². The molecule has 0 aromatic heterocycles. The molecule has 0 saturated carbocycles. The maximum absolute atomic E-state index is 12.2. The summed E-state index contributed by atoms with van der Waals surface area (Å²) in [6.45, 7) is 3.30. The molecular formula is C9H11Cl2NO4S. The van der Waals surface area contributed by atoms with Crippen LogP contribution in [0.1, 0.15) is 13.8 Å². The topological polar surface area (TPSA) is 69.7 Å². The van der Waals surface area contributed by atoms with Crippen molar-refractivity contribution in [2.24, 2.45) is 0 Å². The minimum absolute atomic E-state index is 0.297. The molecule has 0 bridgehead atoms. The molecule has 2 saturated heterocycles. The van der Waals surface area contributed by atoms with Crippen LogP contribution in [0.3, 0.4) is 0 Å². The van der Waals surface area contributed by atoms with Gasteiger partial charge in [-0.25, -0.2) is 4.79 Å². The minimum Gasteiger partial charge on any atom is -0.614 e. The highest BCUT2D eigenvalue weighted by Gasteiger charge is 2.72. The summed E-state index contributed by atoms with van der Waals surface area (Å²) in [6, 6.07) is -1.18. The van der Waals surface area contributed by atoms with Crippen LogP contribution in [0.15, 0.2) is 0 Å². The highest BCUT2D eigenvalue weighted by atomic mass is 35.5. The number of esters is 1. The zero-order valence-electron chi connectivity index (χ0n) is 9.18. The van der Waals surface area contributed by atoms with Crippen molar-refractivity contribution >= 4 is 46.3 Å². The predicted octanol–water partition coefficient (Wildman–Crippen LogP) is 0.411. The van der Waals surface area contributed by atoms with E-state index < -0.39 is 38.7 Å². The Hall–Kier alpha value is -0.170. The van der Waals surface area contributed by atoms with Crippen molar-refractivity contribution in [3.05, 3.63) is 0 Å². The number of carbonyl (C=O) groups excluding carboxylic acids is 2. The molecule has 0 radical (unpaired) electrons. The second-order valence-corrected chi connectivity index (χ2v) is 7.23. The van der Waals surface area contributed by atoms with Crippen LogP contribution in [0.25, 0.3) is 0 Å². The molecule has 4 atom stereocenters. The standard InChI is InChI=1S/C9H11Cl2NO4S/c1-9(2)5(8(14)16-3-10)12-6(13)4(11)7(12)17(9)15/h4-5,7H,3H2,1-2H3/t4-,5-,7+,17?/m0/s1. The Balaban J connectivity index is 2.31. The van der Waals surface area contributed by atoms with Crippen molar-refractivity contribution in [1.82, 2.24) is 4.90 Å². The van der Waals surface area contributed by atoms with E-state index in [4.69, 9.17) is 27.9 Å².